The summed E-state index contributed by atoms with van der Waals surface area (Å²) in [5.41, 5.74) is 0.889. The third-order valence-electron chi connectivity index (χ3n) is 4.24. The lowest BCUT2D eigenvalue weighted by Crippen LogP contribution is -2.52. The summed E-state index contributed by atoms with van der Waals surface area (Å²) in [6.45, 7) is 5.01. The number of hydrogen-bond acceptors (Lipinski definition) is 3. The molecule has 0 radical (unpaired) electrons. The van der Waals surface area contributed by atoms with Crippen molar-refractivity contribution >= 4 is 17.8 Å². The lowest BCUT2D eigenvalue weighted by Gasteiger charge is -2.21. The predicted molar refractivity (Wildman–Crippen MR) is 105 cm³/mol. The van der Waals surface area contributed by atoms with Crippen LogP contribution in [0.5, 0.6) is 0 Å². The van der Waals surface area contributed by atoms with Crippen LogP contribution < -0.4 is 10.6 Å². The number of rotatable bonds is 13. The first kappa shape index (κ1) is 22.4. The Kier molecular flexibility index (Phi) is 10.5. The number of nitrogens with one attached hydrogen (secondary N) is 2. The van der Waals surface area contributed by atoms with Crippen LogP contribution in [0.15, 0.2) is 43.0 Å². The van der Waals surface area contributed by atoms with Crippen LogP contribution in [0.1, 0.15) is 51.0 Å². The van der Waals surface area contributed by atoms with E-state index < -0.39 is 24.0 Å². The van der Waals surface area contributed by atoms with Crippen LogP contribution in [0.25, 0.3) is 0 Å². The minimum absolute atomic E-state index is 0.306. The molecule has 3 N–H and O–H groups in total. The van der Waals surface area contributed by atoms with E-state index in [9.17, 15) is 19.5 Å². The lowest BCUT2D eigenvalue weighted by molar-refractivity contribution is -0.142. The molecule has 0 aliphatic carbocycles. The second-order valence-electron chi connectivity index (χ2n) is 6.62. The highest BCUT2D eigenvalue weighted by Gasteiger charge is 2.25. The number of unbranched alkanes of at least 4 members (excludes halogenated alkanes) is 4. The fourth-order valence-corrected chi connectivity index (χ4v) is 2.82. The highest BCUT2D eigenvalue weighted by molar-refractivity contribution is 5.90. The Balaban J connectivity index is 2.61. The van der Waals surface area contributed by atoms with Gasteiger partial charge in [-0.1, -0.05) is 55.7 Å². The summed E-state index contributed by atoms with van der Waals surface area (Å²) in [7, 11) is 0. The van der Waals surface area contributed by atoms with Gasteiger partial charge in [0.25, 0.3) is 0 Å². The highest BCUT2D eigenvalue weighted by Crippen LogP contribution is 2.09. The molecule has 1 rings (SSSR count). The SMILES string of the molecule is C=CCCCCCC[C@@H](NC(=O)[C@H](Cc1ccccc1)NC(C)=O)C(=O)O. The van der Waals surface area contributed by atoms with E-state index in [1.54, 1.807) is 0 Å². The summed E-state index contributed by atoms with van der Waals surface area (Å²) in [6, 6.07) is 7.53. The van der Waals surface area contributed by atoms with Gasteiger partial charge in [-0.25, -0.2) is 4.79 Å². The van der Waals surface area contributed by atoms with Crippen LogP contribution in [0.2, 0.25) is 0 Å². The van der Waals surface area contributed by atoms with Crippen molar-refractivity contribution in [2.24, 2.45) is 0 Å². The molecule has 0 saturated carbocycles. The number of amides is 2. The number of hydrogen-bond donors (Lipinski definition) is 3. The van der Waals surface area contributed by atoms with Crippen molar-refractivity contribution < 1.29 is 19.5 Å². The van der Waals surface area contributed by atoms with Gasteiger partial charge >= 0.3 is 5.97 Å². The van der Waals surface area contributed by atoms with E-state index in [0.29, 0.717) is 12.8 Å². The van der Waals surface area contributed by atoms with E-state index in [-0.39, 0.29) is 5.91 Å². The van der Waals surface area contributed by atoms with Crippen molar-refractivity contribution in [3.05, 3.63) is 48.6 Å². The molecule has 6 heteroatoms. The molecule has 1 aromatic rings. The average molecular weight is 374 g/mol. The molecule has 0 bridgehead atoms. The Morgan fingerprint density at radius 2 is 1.70 bits per heavy atom. The van der Waals surface area contributed by atoms with E-state index >= 15 is 0 Å². The Bertz CT molecular complexity index is 616. The van der Waals surface area contributed by atoms with Crippen LogP contribution in [0, 0.1) is 0 Å². The number of carboxylic acid groups (broad SMARTS) is 1. The van der Waals surface area contributed by atoms with E-state index in [1.165, 1.54) is 6.92 Å². The first-order valence-corrected chi connectivity index (χ1v) is 9.39. The van der Waals surface area contributed by atoms with Crippen molar-refractivity contribution in [3.8, 4) is 0 Å². The summed E-state index contributed by atoms with van der Waals surface area (Å²) in [5.74, 6) is -1.87. The van der Waals surface area contributed by atoms with Crippen LogP contribution >= 0.6 is 0 Å². The lowest BCUT2D eigenvalue weighted by atomic mass is 10.0. The van der Waals surface area contributed by atoms with Crippen LogP contribution in [-0.2, 0) is 20.8 Å². The van der Waals surface area contributed by atoms with Gasteiger partial charge in [-0.15, -0.1) is 6.58 Å². The van der Waals surface area contributed by atoms with Gasteiger partial charge in [0, 0.05) is 13.3 Å². The number of benzene rings is 1. The Labute approximate surface area is 161 Å². The molecule has 0 spiro atoms. The molecule has 0 aromatic heterocycles. The first-order valence-electron chi connectivity index (χ1n) is 9.39. The molecule has 148 valence electrons. The molecule has 27 heavy (non-hydrogen) atoms. The zero-order valence-corrected chi connectivity index (χ0v) is 15.9. The van der Waals surface area contributed by atoms with Gasteiger partial charge in [0.15, 0.2) is 0 Å². The topological polar surface area (TPSA) is 95.5 Å². The molecule has 0 aliphatic heterocycles. The molecule has 0 unspecified atom stereocenters. The van der Waals surface area contributed by atoms with E-state index in [0.717, 1.165) is 37.7 Å². The van der Waals surface area contributed by atoms with E-state index in [4.69, 9.17) is 0 Å². The van der Waals surface area contributed by atoms with Gasteiger partial charge in [-0.05, 0) is 24.8 Å². The van der Waals surface area contributed by atoms with Crippen LogP contribution in [-0.4, -0.2) is 35.0 Å². The monoisotopic (exact) mass is 374 g/mol. The smallest absolute Gasteiger partial charge is 0.326 e. The van der Waals surface area contributed by atoms with Gasteiger partial charge in [0.1, 0.15) is 12.1 Å². The van der Waals surface area contributed by atoms with Gasteiger partial charge in [0.05, 0.1) is 0 Å². The largest absolute Gasteiger partial charge is 0.480 e. The molecule has 1 aromatic carbocycles. The zero-order valence-electron chi connectivity index (χ0n) is 15.9. The molecule has 2 amide bonds. The second-order valence-corrected chi connectivity index (χ2v) is 6.62. The summed E-state index contributed by atoms with van der Waals surface area (Å²) in [4.78, 5) is 35.5. The third-order valence-corrected chi connectivity index (χ3v) is 4.24. The maximum atomic E-state index is 12.6. The van der Waals surface area contributed by atoms with Gasteiger partial charge < -0.3 is 15.7 Å². The summed E-state index contributed by atoms with van der Waals surface area (Å²) < 4.78 is 0. The molecule has 6 nitrogen and oxygen atoms in total. The Morgan fingerprint density at radius 1 is 1.04 bits per heavy atom. The maximum Gasteiger partial charge on any atom is 0.326 e. The van der Waals surface area contributed by atoms with Gasteiger partial charge in [-0.3, -0.25) is 9.59 Å². The fraction of sp³-hybridized carbons (Fsp3) is 0.476. The quantitative estimate of drug-likeness (QED) is 0.365. The summed E-state index contributed by atoms with van der Waals surface area (Å²) in [6.07, 6.45) is 7.17. The molecule has 0 heterocycles. The fourth-order valence-electron chi connectivity index (χ4n) is 2.82. The predicted octanol–water partition coefficient (Wildman–Crippen LogP) is 2.83. The van der Waals surface area contributed by atoms with E-state index in [1.807, 2.05) is 36.4 Å². The number of carbonyl (C=O) groups is 3. The molecule has 0 aliphatic rings. The van der Waals surface area contributed by atoms with Crippen LogP contribution in [0.4, 0.5) is 0 Å². The zero-order chi connectivity index (χ0) is 20.1. The van der Waals surface area contributed by atoms with Crippen molar-refractivity contribution in [1.82, 2.24) is 10.6 Å². The molecule has 0 fully saturated rings. The van der Waals surface area contributed by atoms with Crippen molar-refractivity contribution in [3.63, 3.8) is 0 Å². The third kappa shape index (κ3) is 9.58. The maximum absolute atomic E-state index is 12.6. The summed E-state index contributed by atoms with van der Waals surface area (Å²) >= 11 is 0. The van der Waals surface area contributed by atoms with Crippen molar-refractivity contribution in [2.45, 2.75) is 64.0 Å². The van der Waals surface area contributed by atoms with Crippen LogP contribution in [0.3, 0.4) is 0 Å². The number of allylic oxidation sites excluding steroid dienone is 1. The van der Waals surface area contributed by atoms with E-state index in [2.05, 4.69) is 17.2 Å². The standard InChI is InChI=1S/C21H30N2O4/c1-3-4-5-6-7-11-14-18(21(26)27)23-20(25)19(22-16(2)24)15-17-12-9-8-10-13-17/h3,8-10,12-13,18-19H,1,4-7,11,14-15H2,2H3,(H,22,24)(H,23,25)(H,26,27)/t18-,19+/m1/s1. The highest BCUT2D eigenvalue weighted by atomic mass is 16.4. The molecule has 0 saturated heterocycles. The minimum atomic E-state index is -1.06. The first-order chi connectivity index (χ1) is 12.9. The average Bonchev–Trinajstić information content (AvgIpc) is 2.63. The number of carboxylic acids is 1. The van der Waals surface area contributed by atoms with Gasteiger partial charge in [-0.2, -0.15) is 0 Å². The Morgan fingerprint density at radius 3 is 2.30 bits per heavy atom. The molecule has 2 atom stereocenters. The minimum Gasteiger partial charge on any atom is -0.480 e. The molecular weight excluding hydrogens is 344 g/mol. The summed E-state index contributed by atoms with van der Waals surface area (Å²) in [5, 5.41) is 14.6. The Hall–Kier alpha value is -2.63. The number of carbonyl (C=O) groups excluding carboxylic acids is 2. The molecular formula is C21H30N2O4. The van der Waals surface area contributed by atoms with Crippen molar-refractivity contribution in [2.75, 3.05) is 0 Å². The number of aliphatic carboxylic acids is 1. The second kappa shape index (κ2) is 12.7. The van der Waals surface area contributed by atoms with Crippen molar-refractivity contribution in [1.29, 1.82) is 0 Å². The van der Waals surface area contributed by atoms with Gasteiger partial charge in [0.2, 0.25) is 11.8 Å². The normalized spacial score (nSPS) is 12.6.